The fourth-order valence-electron chi connectivity index (χ4n) is 3.70. The number of aryl methyl sites for hydroxylation is 1. The second kappa shape index (κ2) is 13.4. The number of hydrogen-bond donors (Lipinski definition) is 0. The van der Waals surface area contributed by atoms with E-state index in [4.69, 9.17) is 14.2 Å². The summed E-state index contributed by atoms with van der Waals surface area (Å²) in [5.41, 5.74) is 3.06. The van der Waals surface area contributed by atoms with Crippen molar-refractivity contribution < 1.29 is 23.8 Å². The molecule has 0 bridgehead atoms. The SMILES string of the molecule is O=C(OCCCc1ccccc1)c1ccc(OC(=O)c2cc(Br)ccc2OCCc2ccccc2)cc1. The van der Waals surface area contributed by atoms with Crippen molar-refractivity contribution in [3.63, 3.8) is 0 Å². The number of rotatable bonds is 11. The van der Waals surface area contributed by atoms with Gasteiger partial charge in [-0.25, -0.2) is 9.59 Å². The lowest BCUT2D eigenvalue weighted by atomic mass is 10.1. The minimum Gasteiger partial charge on any atom is -0.492 e. The molecule has 37 heavy (non-hydrogen) atoms. The zero-order valence-electron chi connectivity index (χ0n) is 20.3. The Balaban J connectivity index is 1.29. The quantitative estimate of drug-likeness (QED) is 0.112. The molecule has 4 rings (SSSR count). The Morgan fingerprint density at radius 3 is 2.00 bits per heavy atom. The van der Waals surface area contributed by atoms with Crippen LogP contribution >= 0.6 is 15.9 Å². The van der Waals surface area contributed by atoms with E-state index in [9.17, 15) is 9.59 Å². The topological polar surface area (TPSA) is 61.8 Å². The highest BCUT2D eigenvalue weighted by atomic mass is 79.9. The van der Waals surface area contributed by atoms with E-state index in [1.165, 1.54) is 5.56 Å². The first-order valence-corrected chi connectivity index (χ1v) is 12.9. The molecule has 0 unspecified atom stereocenters. The summed E-state index contributed by atoms with van der Waals surface area (Å²) in [6, 6.07) is 31.6. The Labute approximate surface area is 225 Å². The van der Waals surface area contributed by atoms with E-state index in [2.05, 4.69) is 28.1 Å². The molecule has 0 saturated heterocycles. The van der Waals surface area contributed by atoms with Crippen LogP contribution in [0.15, 0.2) is 108 Å². The van der Waals surface area contributed by atoms with Gasteiger partial charge < -0.3 is 14.2 Å². The number of halogens is 1. The Morgan fingerprint density at radius 1 is 0.676 bits per heavy atom. The van der Waals surface area contributed by atoms with Gasteiger partial charge in [0.1, 0.15) is 17.1 Å². The largest absolute Gasteiger partial charge is 0.492 e. The van der Waals surface area contributed by atoms with Gasteiger partial charge in [-0.15, -0.1) is 0 Å². The van der Waals surface area contributed by atoms with Crippen LogP contribution in [0.1, 0.15) is 38.3 Å². The summed E-state index contributed by atoms with van der Waals surface area (Å²) in [6.07, 6.45) is 2.31. The molecule has 188 valence electrons. The molecule has 0 radical (unpaired) electrons. The minimum absolute atomic E-state index is 0.310. The monoisotopic (exact) mass is 558 g/mol. The fraction of sp³-hybridized carbons (Fsp3) is 0.161. The van der Waals surface area contributed by atoms with Gasteiger partial charge in [0.2, 0.25) is 0 Å². The maximum absolute atomic E-state index is 12.9. The van der Waals surface area contributed by atoms with E-state index in [0.717, 1.165) is 29.3 Å². The third-order valence-electron chi connectivity index (χ3n) is 5.64. The first kappa shape index (κ1) is 26.2. The van der Waals surface area contributed by atoms with Gasteiger partial charge in [0, 0.05) is 10.9 Å². The number of benzene rings is 4. The predicted molar refractivity (Wildman–Crippen MR) is 146 cm³/mol. The summed E-state index contributed by atoms with van der Waals surface area (Å²) in [5, 5.41) is 0. The van der Waals surface area contributed by atoms with Gasteiger partial charge in [0.15, 0.2) is 0 Å². The maximum Gasteiger partial charge on any atom is 0.347 e. The first-order chi connectivity index (χ1) is 18.1. The predicted octanol–water partition coefficient (Wildman–Crippen LogP) is 7.08. The highest BCUT2D eigenvalue weighted by Gasteiger charge is 2.17. The lowest BCUT2D eigenvalue weighted by Gasteiger charge is -2.12. The average Bonchev–Trinajstić information content (AvgIpc) is 2.93. The average molecular weight is 559 g/mol. The van der Waals surface area contributed by atoms with Crippen LogP contribution in [0.5, 0.6) is 11.5 Å². The summed E-state index contributed by atoms with van der Waals surface area (Å²) >= 11 is 3.40. The van der Waals surface area contributed by atoms with Gasteiger partial charge >= 0.3 is 11.9 Å². The third-order valence-corrected chi connectivity index (χ3v) is 6.13. The summed E-state index contributed by atoms with van der Waals surface area (Å²) in [6.45, 7) is 0.758. The summed E-state index contributed by atoms with van der Waals surface area (Å²) < 4.78 is 17.6. The second-order valence-electron chi connectivity index (χ2n) is 8.36. The normalized spacial score (nSPS) is 10.5. The van der Waals surface area contributed by atoms with E-state index in [-0.39, 0.29) is 0 Å². The van der Waals surface area contributed by atoms with Crippen LogP contribution < -0.4 is 9.47 Å². The number of carbonyl (C=O) groups excluding carboxylic acids is 2. The van der Waals surface area contributed by atoms with Crippen molar-refractivity contribution in [1.29, 1.82) is 0 Å². The molecule has 5 nitrogen and oxygen atoms in total. The molecule has 0 aliphatic heterocycles. The lowest BCUT2D eigenvalue weighted by Crippen LogP contribution is -2.12. The number of hydrogen-bond acceptors (Lipinski definition) is 5. The Hall–Kier alpha value is -3.90. The maximum atomic E-state index is 12.9. The Morgan fingerprint density at radius 2 is 1.32 bits per heavy atom. The highest BCUT2D eigenvalue weighted by Crippen LogP contribution is 2.25. The van der Waals surface area contributed by atoms with Crippen molar-refractivity contribution in [2.75, 3.05) is 13.2 Å². The third kappa shape index (κ3) is 8.05. The van der Waals surface area contributed by atoms with Gasteiger partial charge in [-0.1, -0.05) is 76.6 Å². The van der Waals surface area contributed by atoms with Crippen molar-refractivity contribution in [2.24, 2.45) is 0 Å². The van der Waals surface area contributed by atoms with E-state index >= 15 is 0 Å². The van der Waals surface area contributed by atoms with Crippen LogP contribution in [0.2, 0.25) is 0 Å². The van der Waals surface area contributed by atoms with Crippen molar-refractivity contribution in [1.82, 2.24) is 0 Å². The summed E-state index contributed by atoms with van der Waals surface area (Å²) in [5.74, 6) is -0.194. The van der Waals surface area contributed by atoms with Gasteiger partial charge in [0.05, 0.1) is 18.8 Å². The van der Waals surface area contributed by atoms with Gasteiger partial charge in [0.25, 0.3) is 0 Å². The zero-order chi connectivity index (χ0) is 25.9. The highest BCUT2D eigenvalue weighted by molar-refractivity contribution is 9.10. The van der Waals surface area contributed by atoms with E-state index < -0.39 is 11.9 Å². The first-order valence-electron chi connectivity index (χ1n) is 12.1. The van der Waals surface area contributed by atoms with Gasteiger partial charge in [-0.3, -0.25) is 0 Å². The molecule has 0 heterocycles. The second-order valence-corrected chi connectivity index (χ2v) is 9.28. The van der Waals surface area contributed by atoms with E-state index in [0.29, 0.717) is 35.8 Å². The molecule has 0 aromatic heterocycles. The standard InChI is InChI=1S/C31H27BrO5/c32-26-15-18-29(35-21-19-24-10-5-2-6-11-24)28(22-26)31(34)37-27-16-13-25(14-17-27)30(33)36-20-7-12-23-8-3-1-4-9-23/h1-6,8-11,13-18,22H,7,12,19-21H2. The molecule has 0 N–H and O–H groups in total. The molecule has 0 fully saturated rings. The Kier molecular flexibility index (Phi) is 9.49. The minimum atomic E-state index is -0.549. The molecular formula is C31H27BrO5. The van der Waals surface area contributed by atoms with Crippen LogP contribution in [0.3, 0.4) is 0 Å². The molecule has 0 spiro atoms. The van der Waals surface area contributed by atoms with E-state index in [1.807, 2.05) is 54.6 Å². The van der Waals surface area contributed by atoms with Crippen molar-refractivity contribution in [3.8, 4) is 11.5 Å². The molecule has 6 heteroatoms. The van der Waals surface area contributed by atoms with Gasteiger partial charge in [-0.05, 0) is 66.4 Å². The van der Waals surface area contributed by atoms with Crippen molar-refractivity contribution >= 4 is 27.9 Å². The molecule has 4 aromatic carbocycles. The number of ether oxygens (including phenoxy) is 3. The van der Waals surface area contributed by atoms with Crippen LogP contribution in [0.25, 0.3) is 0 Å². The molecular weight excluding hydrogens is 532 g/mol. The van der Waals surface area contributed by atoms with E-state index in [1.54, 1.807) is 36.4 Å². The van der Waals surface area contributed by atoms with Crippen molar-refractivity contribution in [3.05, 3.63) is 130 Å². The molecule has 0 saturated carbocycles. The fourth-order valence-corrected chi connectivity index (χ4v) is 4.06. The summed E-state index contributed by atoms with van der Waals surface area (Å²) in [4.78, 5) is 25.3. The smallest absolute Gasteiger partial charge is 0.347 e. The van der Waals surface area contributed by atoms with Crippen LogP contribution in [-0.4, -0.2) is 25.2 Å². The number of carbonyl (C=O) groups is 2. The lowest BCUT2D eigenvalue weighted by molar-refractivity contribution is 0.0500. The molecule has 4 aromatic rings. The molecule has 0 atom stereocenters. The molecule has 0 amide bonds. The molecule has 0 aliphatic carbocycles. The zero-order valence-corrected chi connectivity index (χ0v) is 21.9. The van der Waals surface area contributed by atoms with Crippen LogP contribution in [0, 0.1) is 0 Å². The number of esters is 2. The Bertz CT molecular complexity index is 1300. The van der Waals surface area contributed by atoms with Crippen LogP contribution in [-0.2, 0) is 17.6 Å². The van der Waals surface area contributed by atoms with Gasteiger partial charge in [-0.2, -0.15) is 0 Å². The molecule has 0 aliphatic rings. The summed E-state index contributed by atoms with van der Waals surface area (Å²) in [7, 11) is 0. The van der Waals surface area contributed by atoms with Crippen LogP contribution in [0.4, 0.5) is 0 Å². The van der Waals surface area contributed by atoms with Crippen molar-refractivity contribution in [2.45, 2.75) is 19.3 Å².